The smallest absolute Gasteiger partial charge is 0.191 e. The van der Waals surface area contributed by atoms with Crippen LogP contribution in [0, 0.1) is 13.8 Å². The van der Waals surface area contributed by atoms with Crippen LogP contribution >= 0.6 is 24.0 Å². The fraction of sp³-hybridized carbons (Fsp3) is 0.550. The van der Waals surface area contributed by atoms with Crippen molar-refractivity contribution in [1.29, 1.82) is 0 Å². The summed E-state index contributed by atoms with van der Waals surface area (Å²) >= 11 is 0. The average Bonchev–Trinajstić information content (AvgIpc) is 3.33. The summed E-state index contributed by atoms with van der Waals surface area (Å²) in [6.07, 6.45) is 2.45. The molecule has 29 heavy (non-hydrogen) atoms. The first kappa shape index (κ1) is 23.4. The lowest BCUT2D eigenvalue weighted by Gasteiger charge is -2.16. The summed E-state index contributed by atoms with van der Waals surface area (Å²) in [6.45, 7) is 7.22. The SMILES string of the molecule is Cc1ccc(OCCNC(=NCc2nnc(C)n2C)NCC2CCCO2)cc1.I. The van der Waals surface area contributed by atoms with Crippen molar-refractivity contribution in [2.75, 3.05) is 26.3 Å². The van der Waals surface area contributed by atoms with Gasteiger partial charge in [-0.15, -0.1) is 34.2 Å². The van der Waals surface area contributed by atoms with E-state index in [0.717, 1.165) is 49.4 Å². The Morgan fingerprint density at radius 1 is 1.24 bits per heavy atom. The van der Waals surface area contributed by atoms with Crippen molar-refractivity contribution in [2.24, 2.45) is 12.0 Å². The van der Waals surface area contributed by atoms with Gasteiger partial charge >= 0.3 is 0 Å². The van der Waals surface area contributed by atoms with Gasteiger partial charge in [0.2, 0.25) is 0 Å². The molecule has 1 aromatic carbocycles. The molecule has 1 atom stereocenters. The van der Waals surface area contributed by atoms with E-state index in [1.54, 1.807) is 0 Å². The number of guanidine groups is 1. The zero-order chi connectivity index (χ0) is 19.8. The van der Waals surface area contributed by atoms with Crippen LogP contribution in [0.5, 0.6) is 5.75 Å². The third kappa shape index (κ3) is 7.46. The van der Waals surface area contributed by atoms with Crippen molar-refractivity contribution in [3.63, 3.8) is 0 Å². The number of halogens is 1. The van der Waals surface area contributed by atoms with E-state index in [-0.39, 0.29) is 30.1 Å². The fourth-order valence-corrected chi connectivity index (χ4v) is 2.90. The molecule has 1 unspecified atom stereocenters. The highest BCUT2D eigenvalue weighted by Gasteiger charge is 2.15. The molecule has 1 aromatic heterocycles. The van der Waals surface area contributed by atoms with Crippen molar-refractivity contribution in [3.8, 4) is 5.75 Å². The number of ether oxygens (including phenoxy) is 2. The minimum Gasteiger partial charge on any atom is -0.492 e. The summed E-state index contributed by atoms with van der Waals surface area (Å²) < 4.78 is 13.4. The Morgan fingerprint density at radius 3 is 2.69 bits per heavy atom. The van der Waals surface area contributed by atoms with Crippen LogP contribution in [0.25, 0.3) is 0 Å². The first-order chi connectivity index (χ1) is 13.6. The Kier molecular flexibility index (Phi) is 9.65. The zero-order valence-electron chi connectivity index (χ0n) is 17.4. The lowest BCUT2D eigenvalue weighted by Crippen LogP contribution is -2.42. The lowest BCUT2D eigenvalue weighted by molar-refractivity contribution is 0.113. The van der Waals surface area contributed by atoms with E-state index in [1.165, 1.54) is 5.56 Å². The van der Waals surface area contributed by atoms with Crippen LogP contribution in [0.1, 0.15) is 30.1 Å². The molecule has 0 amide bonds. The average molecular weight is 514 g/mol. The van der Waals surface area contributed by atoms with Crippen molar-refractivity contribution in [3.05, 3.63) is 41.5 Å². The summed E-state index contributed by atoms with van der Waals surface area (Å²) in [4.78, 5) is 4.65. The van der Waals surface area contributed by atoms with Crippen LogP contribution in [0.2, 0.25) is 0 Å². The number of aliphatic imine (C=N–C) groups is 1. The number of rotatable bonds is 8. The topological polar surface area (TPSA) is 85.6 Å². The molecule has 1 aliphatic heterocycles. The molecule has 8 nitrogen and oxygen atoms in total. The van der Waals surface area contributed by atoms with E-state index >= 15 is 0 Å². The Hall–Kier alpha value is -1.88. The highest BCUT2D eigenvalue weighted by molar-refractivity contribution is 14.0. The van der Waals surface area contributed by atoms with E-state index in [4.69, 9.17) is 9.47 Å². The van der Waals surface area contributed by atoms with Gasteiger partial charge in [-0.3, -0.25) is 0 Å². The highest BCUT2D eigenvalue weighted by atomic mass is 127. The molecule has 0 saturated carbocycles. The van der Waals surface area contributed by atoms with Crippen LogP contribution in [0.15, 0.2) is 29.3 Å². The monoisotopic (exact) mass is 514 g/mol. The molecule has 1 saturated heterocycles. The Balaban J connectivity index is 0.00000300. The summed E-state index contributed by atoms with van der Waals surface area (Å²) in [5, 5.41) is 14.9. The maximum absolute atomic E-state index is 5.78. The zero-order valence-corrected chi connectivity index (χ0v) is 19.7. The van der Waals surface area contributed by atoms with Crippen LogP contribution in [0.4, 0.5) is 0 Å². The third-order valence-electron chi connectivity index (χ3n) is 4.77. The van der Waals surface area contributed by atoms with Gasteiger partial charge in [-0.05, 0) is 38.8 Å². The van der Waals surface area contributed by atoms with Gasteiger partial charge in [-0.25, -0.2) is 4.99 Å². The standard InChI is InChI=1S/C20H30N6O2.HI/c1-15-6-8-17(9-7-15)28-12-10-21-20(22-13-18-5-4-11-27-18)23-14-19-25-24-16(2)26(19)3;/h6-9,18H,4-5,10-14H2,1-3H3,(H2,21,22,23);1H. The normalized spacial score (nSPS) is 16.4. The van der Waals surface area contributed by atoms with Gasteiger partial charge < -0.3 is 24.7 Å². The van der Waals surface area contributed by atoms with E-state index in [2.05, 4.69) is 32.7 Å². The van der Waals surface area contributed by atoms with Gasteiger partial charge in [0.1, 0.15) is 24.7 Å². The van der Waals surface area contributed by atoms with Gasteiger partial charge in [-0.1, -0.05) is 17.7 Å². The van der Waals surface area contributed by atoms with E-state index in [9.17, 15) is 0 Å². The van der Waals surface area contributed by atoms with Crippen LogP contribution in [0.3, 0.4) is 0 Å². The molecule has 9 heteroatoms. The number of aryl methyl sites for hydroxylation is 2. The van der Waals surface area contributed by atoms with Crippen LogP contribution < -0.4 is 15.4 Å². The number of nitrogens with zero attached hydrogens (tertiary/aromatic N) is 4. The summed E-state index contributed by atoms with van der Waals surface area (Å²) in [7, 11) is 1.95. The molecule has 0 spiro atoms. The van der Waals surface area contributed by atoms with Gasteiger partial charge in [0.15, 0.2) is 11.8 Å². The molecule has 2 heterocycles. The minimum absolute atomic E-state index is 0. The van der Waals surface area contributed by atoms with Gasteiger partial charge in [0.05, 0.1) is 12.6 Å². The fourth-order valence-electron chi connectivity index (χ4n) is 2.90. The second kappa shape index (κ2) is 12.0. The van der Waals surface area contributed by atoms with Crippen molar-refractivity contribution >= 4 is 29.9 Å². The molecule has 0 bridgehead atoms. The second-order valence-corrected chi connectivity index (χ2v) is 6.99. The largest absolute Gasteiger partial charge is 0.492 e. The molecule has 2 N–H and O–H groups in total. The summed E-state index contributed by atoms with van der Waals surface area (Å²) in [5.41, 5.74) is 1.22. The predicted octanol–water partition coefficient (Wildman–Crippen LogP) is 2.34. The van der Waals surface area contributed by atoms with Crippen molar-refractivity contribution in [1.82, 2.24) is 25.4 Å². The number of nitrogens with one attached hydrogen (secondary N) is 2. The van der Waals surface area contributed by atoms with E-state index in [0.29, 0.717) is 19.7 Å². The number of hydrogen-bond acceptors (Lipinski definition) is 5. The molecule has 1 aliphatic rings. The third-order valence-corrected chi connectivity index (χ3v) is 4.77. The molecule has 1 fully saturated rings. The number of hydrogen-bond donors (Lipinski definition) is 2. The van der Waals surface area contributed by atoms with Gasteiger partial charge in [0.25, 0.3) is 0 Å². The summed E-state index contributed by atoms with van der Waals surface area (Å²) in [6, 6.07) is 8.05. The molecule has 160 valence electrons. The quantitative estimate of drug-likeness (QED) is 0.244. The molecule has 3 rings (SSSR count). The van der Waals surface area contributed by atoms with Crippen LogP contribution in [-0.2, 0) is 18.3 Å². The number of benzene rings is 1. The first-order valence-corrected chi connectivity index (χ1v) is 9.80. The Bertz CT molecular complexity index is 772. The molecule has 2 aromatic rings. The molecular weight excluding hydrogens is 483 g/mol. The van der Waals surface area contributed by atoms with Gasteiger partial charge in [0, 0.05) is 20.2 Å². The van der Waals surface area contributed by atoms with Crippen molar-refractivity contribution in [2.45, 2.75) is 39.3 Å². The first-order valence-electron chi connectivity index (χ1n) is 9.80. The lowest BCUT2D eigenvalue weighted by atomic mass is 10.2. The van der Waals surface area contributed by atoms with Crippen LogP contribution in [-0.4, -0.2) is 53.1 Å². The maximum Gasteiger partial charge on any atom is 0.191 e. The molecule has 0 radical (unpaired) electrons. The Labute approximate surface area is 189 Å². The molecular formula is C20H31IN6O2. The Morgan fingerprint density at radius 2 is 2.03 bits per heavy atom. The minimum atomic E-state index is 0. The number of aromatic nitrogens is 3. The van der Waals surface area contributed by atoms with Crippen molar-refractivity contribution < 1.29 is 9.47 Å². The predicted molar refractivity (Wildman–Crippen MR) is 124 cm³/mol. The van der Waals surface area contributed by atoms with E-state index in [1.807, 2.05) is 42.8 Å². The highest BCUT2D eigenvalue weighted by Crippen LogP contribution is 2.11. The molecule has 0 aliphatic carbocycles. The van der Waals surface area contributed by atoms with E-state index < -0.39 is 0 Å². The second-order valence-electron chi connectivity index (χ2n) is 6.99. The van der Waals surface area contributed by atoms with Gasteiger partial charge in [-0.2, -0.15) is 0 Å². The maximum atomic E-state index is 5.78. The summed E-state index contributed by atoms with van der Waals surface area (Å²) in [5.74, 6) is 3.29.